The highest BCUT2D eigenvalue weighted by atomic mass is 32.2. The Morgan fingerprint density at radius 1 is 1.00 bits per heavy atom. The second kappa shape index (κ2) is 9.07. The molecule has 0 aliphatic carbocycles. The smallest absolute Gasteiger partial charge is 0.414 e. The lowest BCUT2D eigenvalue weighted by Crippen LogP contribution is -2.35. The minimum absolute atomic E-state index is 0.111. The number of hydrogen-bond donors (Lipinski definition) is 1. The van der Waals surface area contributed by atoms with E-state index in [0.29, 0.717) is 37.6 Å². The maximum atomic E-state index is 12.7. The third kappa shape index (κ3) is 4.88. The summed E-state index contributed by atoms with van der Waals surface area (Å²) in [6.07, 6.45) is 2.54. The third-order valence-corrected chi connectivity index (χ3v) is 7.36. The molecule has 2 aromatic carbocycles. The molecule has 2 heterocycles. The van der Waals surface area contributed by atoms with E-state index in [4.69, 9.17) is 4.74 Å². The third-order valence-electron chi connectivity index (χ3n) is 5.44. The summed E-state index contributed by atoms with van der Waals surface area (Å²) in [5.74, 6) is -0.229. The molecule has 0 spiro atoms. The molecule has 0 aromatic heterocycles. The predicted molar refractivity (Wildman–Crippen MR) is 117 cm³/mol. The topological polar surface area (TPSA) is 96.0 Å². The molecule has 2 aliphatic heterocycles. The summed E-state index contributed by atoms with van der Waals surface area (Å²) in [5, 5.41) is 2.82. The van der Waals surface area contributed by atoms with Crippen molar-refractivity contribution >= 4 is 33.4 Å². The van der Waals surface area contributed by atoms with E-state index < -0.39 is 16.1 Å². The molecule has 8 nitrogen and oxygen atoms in total. The molecule has 2 saturated heterocycles. The van der Waals surface area contributed by atoms with E-state index >= 15 is 0 Å². The van der Waals surface area contributed by atoms with Crippen molar-refractivity contribution in [3.05, 3.63) is 54.1 Å². The van der Waals surface area contributed by atoms with Crippen LogP contribution in [0.15, 0.2) is 53.4 Å². The van der Waals surface area contributed by atoms with Crippen molar-refractivity contribution in [2.45, 2.75) is 30.6 Å². The minimum Gasteiger partial charge on any atom is -0.447 e. The number of amides is 2. The Morgan fingerprint density at radius 3 is 2.42 bits per heavy atom. The first-order chi connectivity index (χ1) is 14.9. The Kier molecular flexibility index (Phi) is 6.24. The summed E-state index contributed by atoms with van der Waals surface area (Å²) >= 11 is 0. The zero-order valence-electron chi connectivity index (χ0n) is 17.1. The van der Waals surface area contributed by atoms with Crippen molar-refractivity contribution in [1.29, 1.82) is 0 Å². The second-order valence-electron chi connectivity index (χ2n) is 7.65. The number of nitrogens with one attached hydrogen (secondary N) is 1. The van der Waals surface area contributed by atoms with Crippen LogP contribution in [0.5, 0.6) is 0 Å². The highest BCUT2D eigenvalue weighted by Gasteiger charge is 2.26. The van der Waals surface area contributed by atoms with Gasteiger partial charge in [0.2, 0.25) is 15.9 Å². The van der Waals surface area contributed by atoms with E-state index in [1.807, 2.05) is 0 Å². The van der Waals surface area contributed by atoms with Crippen LogP contribution in [0.3, 0.4) is 0 Å². The average Bonchev–Trinajstić information content (AvgIpc) is 3.21. The summed E-state index contributed by atoms with van der Waals surface area (Å²) in [4.78, 5) is 25.9. The molecule has 4 rings (SSSR count). The van der Waals surface area contributed by atoms with Gasteiger partial charge in [0.25, 0.3) is 0 Å². The number of nitrogens with zero attached hydrogens (tertiary/aromatic N) is 2. The largest absolute Gasteiger partial charge is 0.447 e. The highest BCUT2D eigenvalue weighted by Crippen LogP contribution is 2.23. The van der Waals surface area contributed by atoms with Crippen LogP contribution < -0.4 is 10.2 Å². The molecular formula is C22H25N3O5S. The number of hydrogen-bond acceptors (Lipinski definition) is 5. The molecule has 2 aromatic rings. The van der Waals surface area contributed by atoms with Crippen LogP contribution in [0.2, 0.25) is 0 Å². The number of carbonyl (C=O) groups excluding carboxylic acids is 2. The number of rotatable bonds is 6. The second-order valence-corrected chi connectivity index (χ2v) is 9.59. The molecule has 0 saturated carbocycles. The van der Waals surface area contributed by atoms with Gasteiger partial charge in [-0.2, -0.15) is 4.31 Å². The lowest BCUT2D eigenvalue weighted by Gasteiger charge is -2.25. The molecule has 1 N–H and O–H groups in total. The van der Waals surface area contributed by atoms with Crippen molar-refractivity contribution in [1.82, 2.24) is 4.31 Å². The van der Waals surface area contributed by atoms with Gasteiger partial charge in [0.15, 0.2) is 0 Å². The first kappa shape index (κ1) is 21.3. The Morgan fingerprint density at radius 2 is 1.74 bits per heavy atom. The molecule has 31 heavy (non-hydrogen) atoms. The first-order valence-corrected chi connectivity index (χ1v) is 11.8. The molecule has 9 heteroatoms. The molecule has 2 amide bonds. The van der Waals surface area contributed by atoms with Gasteiger partial charge < -0.3 is 10.1 Å². The van der Waals surface area contributed by atoms with Gasteiger partial charge in [0, 0.05) is 24.5 Å². The van der Waals surface area contributed by atoms with E-state index in [1.54, 1.807) is 48.5 Å². The lowest BCUT2D eigenvalue weighted by atomic mass is 10.1. The maximum absolute atomic E-state index is 12.7. The summed E-state index contributed by atoms with van der Waals surface area (Å²) in [5.41, 5.74) is 1.95. The number of carbonyl (C=O) groups is 2. The Hall–Kier alpha value is -2.91. The van der Waals surface area contributed by atoms with Gasteiger partial charge in [-0.05, 0) is 48.7 Å². The quantitative estimate of drug-likeness (QED) is 0.740. The Balaban J connectivity index is 1.38. The number of piperidine rings is 1. The van der Waals surface area contributed by atoms with E-state index in [0.717, 1.165) is 24.8 Å². The van der Waals surface area contributed by atoms with Crippen molar-refractivity contribution in [2.75, 3.05) is 36.5 Å². The van der Waals surface area contributed by atoms with Crippen molar-refractivity contribution in [3.8, 4) is 0 Å². The number of benzene rings is 2. The summed E-state index contributed by atoms with van der Waals surface area (Å²) in [7, 11) is -3.48. The van der Waals surface area contributed by atoms with E-state index in [1.165, 1.54) is 9.21 Å². The van der Waals surface area contributed by atoms with Crippen molar-refractivity contribution < 1.29 is 22.7 Å². The molecule has 2 fully saturated rings. The van der Waals surface area contributed by atoms with Crippen LogP contribution in [0.1, 0.15) is 24.8 Å². The summed E-state index contributed by atoms with van der Waals surface area (Å²) in [6.45, 7) is 1.93. The van der Waals surface area contributed by atoms with Crippen LogP contribution >= 0.6 is 0 Å². The normalized spacial score (nSPS) is 17.4. The summed E-state index contributed by atoms with van der Waals surface area (Å²) in [6, 6.07) is 13.5. The fourth-order valence-corrected chi connectivity index (χ4v) is 5.32. The predicted octanol–water partition coefficient (Wildman–Crippen LogP) is 3.00. The number of cyclic esters (lactones) is 1. The van der Waals surface area contributed by atoms with E-state index in [9.17, 15) is 18.0 Å². The fraction of sp³-hybridized carbons (Fsp3) is 0.364. The average molecular weight is 444 g/mol. The Bertz CT molecular complexity index is 1060. The van der Waals surface area contributed by atoms with Crippen LogP contribution in [0.25, 0.3) is 0 Å². The van der Waals surface area contributed by atoms with Gasteiger partial charge in [0.1, 0.15) is 6.61 Å². The van der Waals surface area contributed by atoms with Gasteiger partial charge in [-0.1, -0.05) is 24.6 Å². The van der Waals surface area contributed by atoms with Crippen molar-refractivity contribution in [3.63, 3.8) is 0 Å². The molecule has 0 radical (unpaired) electrons. The Labute approximate surface area is 181 Å². The molecular weight excluding hydrogens is 418 g/mol. The molecule has 0 unspecified atom stereocenters. The van der Waals surface area contributed by atoms with E-state index in [2.05, 4.69) is 5.32 Å². The number of anilines is 2. The zero-order chi connectivity index (χ0) is 21.8. The SMILES string of the molecule is O=C(Cc1ccc(S(=O)(=O)N2CCCCC2)cc1)Nc1cccc(N2CCOC2=O)c1. The minimum atomic E-state index is -3.48. The highest BCUT2D eigenvalue weighted by molar-refractivity contribution is 7.89. The molecule has 2 aliphatic rings. The van der Waals surface area contributed by atoms with Gasteiger partial charge in [-0.15, -0.1) is 0 Å². The van der Waals surface area contributed by atoms with Crippen LogP contribution in [-0.4, -0.2) is 51.0 Å². The van der Waals surface area contributed by atoms with Gasteiger partial charge >= 0.3 is 6.09 Å². The van der Waals surface area contributed by atoms with Gasteiger partial charge in [0.05, 0.1) is 17.9 Å². The van der Waals surface area contributed by atoms with Gasteiger partial charge in [-0.3, -0.25) is 9.69 Å². The van der Waals surface area contributed by atoms with Gasteiger partial charge in [-0.25, -0.2) is 13.2 Å². The van der Waals surface area contributed by atoms with Crippen LogP contribution in [-0.2, 0) is 26.0 Å². The van der Waals surface area contributed by atoms with Crippen molar-refractivity contribution in [2.24, 2.45) is 0 Å². The summed E-state index contributed by atoms with van der Waals surface area (Å²) < 4.78 is 31.9. The van der Waals surface area contributed by atoms with Crippen LogP contribution in [0, 0.1) is 0 Å². The molecule has 0 atom stereocenters. The standard InChI is InChI=1S/C22H25N3O5S/c26-21(23-18-5-4-6-19(16-18)25-13-14-30-22(25)27)15-17-7-9-20(10-8-17)31(28,29)24-11-2-1-3-12-24/h4-10,16H,1-3,11-15H2,(H,23,26). The first-order valence-electron chi connectivity index (χ1n) is 10.4. The zero-order valence-corrected chi connectivity index (χ0v) is 17.9. The number of ether oxygens (including phenoxy) is 1. The van der Waals surface area contributed by atoms with E-state index in [-0.39, 0.29) is 17.2 Å². The monoisotopic (exact) mass is 443 g/mol. The van der Waals surface area contributed by atoms with Crippen LogP contribution in [0.4, 0.5) is 16.2 Å². The molecule has 0 bridgehead atoms. The lowest BCUT2D eigenvalue weighted by molar-refractivity contribution is -0.115. The maximum Gasteiger partial charge on any atom is 0.414 e. The fourth-order valence-electron chi connectivity index (χ4n) is 3.80. The number of sulfonamides is 1. The molecule has 164 valence electrons.